The molecule has 5 atom stereocenters. The summed E-state index contributed by atoms with van der Waals surface area (Å²) >= 11 is 0. The van der Waals surface area contributed by atoms with Crippen molar-refractivity contribution in [1.82, 2.24) is 0 Å². The number of fused-ring (bicyclic) bond motifs is 2. The van der Waals surface area contributed by atoms with E-state index in [1.807, 2.05) is 30.3 Å². The summed E-state index contributed by atoms with van der Waals surface area (Å²) < 4.78 is 29.5. The third-order valence-electron chi connectivity index (χ3n) is 6.07. The van der Waals surface area contributed by atoms with Crippen LogP contribution in [0.2, 0.25) is 0 Å². The van der Waals surface area contributed by atoms with Crippen LogP contribution in [-0.2, 0) is 35.1 Å². The van der Waals surface area contributed by atoms with E-state index < -0.39 is 0 Å². The fraction of sp³-hybridized carbons (Fsp3) is 0.654. The maximum Gasteiger partial charge on any atom is 0.308 e. The molecule has 0 amide bonds. The first-order valence-electron chi connectivity index (χ1n) is 11.8. The second kappa shape index (κ2) is 13.1. The molecule has 0 N–H and O–H groups in total. The molecule has 0 spiro atoms. The zero-order valence-electron chi connectivity index (χ0n) is 19.7. The standard InChI is InChI=1S/C26H38O6/c1-4-8-21-13-22(28-3)11-19(2)12-24-14-23(15-25(31-24)16-26(27)32-21)30-18-29-17-20-9-6-5-7-10-20/h5-7,9-10,12,21-25H,4,8,11,13-18H2,1-3H3/b19-12-/t21-,22-,23-,24+,25+/m0/s1. The minimum absolute atomic E-state index is 0.0212. The summed E-state index contributed by atoms with van der Waals surface area (Å²) in [4.78, 5) is 12.6. The van der Waals surface area contributed by atoms with Crippen LogP contribution in [0.4, 0.5) is 0 Å². The largest absolute Gasteiger partial charge is 0.462 e. The first-order valence-corrected chi connectivity index (χ1v) is 11.8. The van der Waals surface area contributed by atoms with E-state index in [0.717, 1.165) is 37.7 Å². The molecule has 1 aromatic carbocycles. The predicted octanol–water partition coefficient (Wildman–Crippen LogP) is 4.95. The number of methoxy groups -OCH3 is 1. The van der Waals surface area contributed by atoms with Crippen molar-refractivity contribution in [3.8, 4) is 0 Å². The molecule has 0 radical (unpaired) electrons. The summed E-state index contributed by atoms with van der Waals surface area (Å²) in [6.07, 6.45) is 6.69. The molecule has 32 heavy (non-hydrogen) atoms. The molecule has 2 aliphatic heterocycles. The molecule has 2 heterocycles. The summed E-state index contributed by atoms with van der Waals surface area (Å²) in [6.45, 7) is 4.95. The zero-order valence-corrected chi connectivity index (χ0v) is 19.7. The molecular formula is C26H38O6. The van der Waals surface area contributed by atoms with Gasteiger partial charge in [-0.2, -0.15) is 0 Å². The Morgan fingerprint density at radius 1 is 1.06 bits per heavy atom. The Hall–Kier alpha value is -1.73. The van der Waals surface area contributed by atoms with Crippen LogP contribution in [-0.4, -0.2) is 50.4 Å². The predicted molar refractivity (Wildman–Crippen MR) is 122 cm³/mol. The lowest BCUT2D eigenvalue weighted by Gasteiger charge is -2.35. The van der Waals surface area contributed by atoms with Gasteiger partial charge in [0.05, 0.1) is 37.4 Å². The highest BCUT2D eigenvalue weighted by Crippen LogP contribution is 2.28. The van der Waals surface area contributed by atoms with Crippen LogP contribution in [0.5, 0.6) is 0 Å². The second-order valence-corrected chi connectivity index (χ2v) is 8.92. The van der Waals surface area contributed by atoms with Crippen molar-refractivity contribution in [3.05, 3.63) is 47.5 Å². The van der Waals surface area contributed by atoms with Gasteiger partial charge in [0.25, 0.3) is 0 Å². The van der Waals surface area contributed by atoms with E-state index in [-0.39, 0.29) is 49.7 Å². The normalized spacial score (nSPS) is 31.0. The minimum Gasteiger partial charge on any atom is -0.462 e. The van der Waals surface area contributed by atoms with Crippen molar-refractivity contribution >= 4 is 5.97 Å². The van der Waals surface area contributed by atoms with Crippen LogP contribution in [0.3, 0.4) is 0 Å². The highest BCUT2D eigenvalue weighted by Gasteiger charge is 2.32. The van der Waals surface area contributed by atoms with E-state index in [1.165, 1.54) is 5.57 Å². The van der Waals surface area contributed by atoms with E-state index in [0.29, 0.717) is 13.0 Å². The Morgan fingerprint density at radius 3 is 2.62 bits per heavy atom. The molecule has 2 aliphatic rings. The van der Waals surface area contributed by atoms with Gasteiger partial charge >= 0.3 is 5.97 Å². The maximum absolute atomic E-state index is 12.6. The van der Waals surface area contributed by atoms with Crippen molar-refractivity contribution in [2.75, 3.05) is 13.9 Å². The first kappa shape index (κ1) is 24.9. The van der Waals surface area contributed by atoms with Gasteiger partial charge in [0.1, 0.15) is 12.9 Å². The van der Waals surface area contributed by atoms with E-state index in [9.17, 15) is 4.79 Å². The van der Waals surface area contributed by atoms with Crippen LogP contribution >= 0.6 is 0 Å². The zero-order chi connectivity index (χ0) is 22.8. The number of benzene rings is 1. The molecule has 178 valence electrons. The molecule has 0 aromatic heterocycles. The third-order valence-corrected chi connectivity index (χ3v) is 6.07. The highest BCUT2D eigenvalue weighted by molar-refractivity contribution is 5.70. The Labute approximate surface area is 192 Å². The summed E-state index contributed by atoms with van der Waals surface area (Å²) in [5.41, 5.74) is 2.34. The summed E-state index contributed by atoms with van der Waals surface area (Å²) in [7, 11) is 1.72. The Balaban J connectivity index is 1.61. The van der Waals surface area contributed by atoms with Crippen LogP contribution in [0.25, 0.3) is 0 Å². The molecule has 1 saturated heterocycles. The molecule has 0 saturated carbocycles. The third kappa shape index (κ3) is 8.32. The van der Waals surface area contributed by atoms with Crippen molar-refractivity contribution in [1.29, 1.82) is 0 Å². The van der Waals surface area contributed by atoms with Crippen LogP contribution in [0, 0.1) is 0 Å². The number of hydrogen-bond donors (Lipinski definition) is 0. The van der Waals surface area contributed by atoms with Crippen LogP contribution in [0.15, 0.2) is 42.0 Å². The van der Waals surface area contributed by atoms with E-state index in [1.54, 1.807) is 7.11 Å². The number of cyclic esters (lactones) is 1. The lowest BCUT2D eigenvalue weighted by molar-refractivity contribution is -0.167. The molecule has 1 fully saturated rings. The van der Waals surface area contributed by atoms with Gasteiger partial charge in [-0.15, -0.1) is 0 Å². The molecule has 6 nitrogen and oxygen atoms in total. The van der Waals surface area contributed by atoms with E-state index >= 15 is 0 Å². The van der Waals surface area contributed by atoms with Gasteiger partial charge in [0, 0.05) is 26.4 Å². The number of rotatable bonds is 8. The average Bonchev–Trinajstić information content (AvgIpc) is 2.76. The maximum atomic E-state index is 12.6. The fourth-order valence-corrected chi connectivity index (χ4v) is 4.53. The van der Waals surface area contributed by atoms with Gasteiger partial charge in [0.2, 0.25) is 0 Å². The van der Waals surface area contributed by atoms with Crippen LogP contribution in [0.1, 0.15) is 64.4 Å². The van der Waals surface area contributed by atoms with Crippen molar-refractivity contribution < 1.29 is 28.5 Å². The van der Waals surface area contributed by atoms with Crippen molar-refractivity contribution in [2.45, 2.75) is 95.9 Å². The van der Waals surface area contributed by atoms with Gasteiger partial charge in [-0.05, 0) is 25.3 Å². The fourth-order valence-electron chi connectivity index (χ4n) is 4.53. The van der Waals surface area contributed by atoms with Gasteiger partial charge in [-0.3, -0.25) is 4.79 Å². The SMILES string of the molecule is CCC[C@H]1C[C@@H](OC)C/C(C)=C\[C@@H]2C[C@H](OCOCc3ccccc3)C[C@H](CC(=O)O1)O2. The molecule has 1 aromatic rings. The molecular weight excluding hydrogens is 408 g/mol. The lowest BCUT2D eigenvalue weighted by atomic mass is 9.95. The quantitative estimate of drug-likeness (QED) is 0.244. The number of carbonyl (C=O) groups is 1. The summed E-state index contributed by atoms with van der Waals surface area (Å²) in [6, 6.07) is 10.0. The molecule has 3 rings (SSSR count). The van der Waals surface area contributed by atoms with Gasteiger partial charge in [-0.25, -0.2) is 0 Å². The second-order valence-electron chi connectivity index (χ2n) is 8.92. The van der Waals surface area contributed by atoms with E-state index in [2.05, 4.69) is 19.9 Å². The van der Waals surface area contributed by atoms with Crippen LogP contribution < -0.4 is 0 Å². The molecule has 0 unspecified atom stereocenters. The molecule has 0 aliphatic carbocycles. The topological polar surface area (TPSA) is 63.2 Å². The van der Waals surface area contributed by atoms with Crippen molar-refractivity contribution in [3.63, 3.8) is 0 Å². The molecule has 2 bridgehead atoms. The first-order chi connectivity index (χ1) is 15.6. The summed E-state index contributed by atoms with van der Waals surface area (Å²) in [5.74, 6) is -0.204. The number of esters is 1. The number of carbonyl (C=O) groups excluding carboxylic acids is 1. The van der Waals surface area contributed by atoms with Gasteiger partial charge in [0.15, 0.2) is 0 Å². The molecule has 6 heteroatoms. The van der Waals surface area contributed by atoms with Crippen molar-refractivity contribution in [2.24, 2.45) is 0 Å². The number of hydrogen-bond acceptors (Lipinski definition) is 6. The average molecular weight is 447 g/mol. The van der Waals surface area contributed by atoms with Gasteiger partial charge < -0.3 is 23.7 Å². The Kier molecular flexibility index (Phi) is 10.2. The smallest absolute Gasteiger partial charge is 0.308 e. The summed E-state index contributed by atoms with van der Waals surface area (Å²) in [5, 5.41) is 0. The Bertz CT molecular complexity index is 718. The Morgan fingerprint density at radius 2 is 1.88 bits per heavy atom. The highest BCUT2D eigenvalue weighted by atomic mass is 16.7. The van der Waals surface area contributed by atoms with Gasteiger partial charge in [-0.1, -0.05) is 55.3 Å². The minimum atomic E-state index is -0.218. The monoisotopic (exact) mass is 446 g/mol. The number of ether oxygens (including phenoxy) is 5. The van der Waals surface area contributed by atoms with E-state index in [4.69, 9.17) is 23.7 Å². The lowest BCUT2D eigenvalue weighted by Crippen LogP contribution is -2.39.